The Balaban J connectivity index is 2.21. The SMILES string of the molecule is CCC(CN1CCN(CC(C)C)CC1)NC. The fraction of sp³-hybridized carbons (Fsp3) is 1.00. The minimum absolute atomic E-state index is 0.664. The number of rotatable bonds is 6. The summed E-state index contributed by atoms with van der Waals surface area (Å²) < 4.78 is 0. The third kappa shape index (κ3) is 4.81. The molecule has 3 nitrogen and oxygen atoms in total. The Morgan fingerprint density at radius 2 is 1.50 bits per heavy atom. The second kappa shape index (κ2) is 7.25. The van der Waals surface area contributed by atoms with Crippen LogP contribution in [0, 0.1) is 5.92 Å². The summed E-state index contributed by atoms with van der Waals surface area (Å²) in [5.74, 6) is 0.798. The van der Waals surface area contributed by atoms with Gasteiger partial charge in [0.15, 0.2) is 0 Å². The molecule has 0 amide bonds. The van der Waals surface area contributed by atoms with Crippen molar-refractivity contribution >= 4 is 0 Å². The topological polar surface area (TPSA) is 18.5 Å². The van der Waals surface area contributed by atoms with Gasteiger partial charge in [-0.1, -0.05) is 20.8 Å². The van der Waals surface area contributed by atoms with Crippen LogP contribution in [0.1, 0.15) is 27.2 Å². The molecule has 16 heavy (non-hydrogen) atoms. The lowest BCUT2D eigenvalue weighted by molar-refractivity contribution is 0.114. The maximum Gasteiger partial charge on any atom is 0.0189 e. The summed E-state index contributed by atoms with van der Waals surface area (Å²) in [4.78, 5) is 5.20. The maximum atomic E-state index is 3.39. The average molecular weight is 227 g/mol. The van der Waals surface area contributed by atoms with E-state index in [0.29, 0.717) is 6.04 Å². The first-order chi connectivity index (χ1) is 7.65. The van der Waals surface area contributed by atoms with Crippen molar-refractivity contribution in [2.24, 2.45) is 5.92 Å². The van der Waals surface area contributed by atoms with Crippen molar-refractivity contribution in [2.45, 2.75) is 33.2 Å². The predicted octanol–water partition coefficient (Wildman–Crippen LogP) is 1.26. The van der Waals surface area contributed by atoms with E-state index in [1.807, 2.05) is 0 Å². The van der Waals surface area contributed by atoms with E-state index < -0.39 is 0 Å². The zero-order chi connectivity index (χ0) is 12.0. The number of piperazine rings is 1. The molecule has 0 aromatic carbocycles. The molecule has 0 spiro atoms. The molecular weight excluding hydrogens is 198 g/mol. The molecule has 1 aliphatic rings. The van der Waals surface area contributed by atoms with Crippen LogP contribution in [0.3, 0.4) is 0 Å². The Morgan fingerprint density at radius 3 is 1.88 bits per heavy atom. The number of hydrogen-bond acceptors (Lipinski definition) is 3. The van der Waals surface area contributed by atoms with Crippen molar-refractivity contribution in [2.75, 3.05) is 46.3 Å². The minimum Gasteiger partial charge on any atom is -0.316 e. The van der Waals surface area contributed by atoms with Gasteiger partial charge in [0.2, 0.25) is 0 Å². The van der Waals surface area contributed by atoms with Gasteiger partial charge in [-0.3, -0.25) is 4.90 Å². The summed E-state index contributed by atoms with van der Waals surface area (Å²) >= 11 is 0. The second-order valence-electron chi connectivity index (χ2n) is 5.39. The summed E-state index contributed by atoms with van der Waals surface area (Å²) in [5, 5.41) is 3.39. The first-order valence-corrected chi connectivity index (χ1v) is 6.77. The Kier molecular flexibility index (Phi) is 6.32. The number of hydrogen-bond donors (Lipinski definition) is 1. The van der Waals surface area contributed by atoms with Gasteiger partial charge in [-0.2, -0.15) is 0 Å². The molecule has 0 radical (unpaired) electrons. The van der Waals surface area contributed by atoms with Gasteiger partial charge in [0.1, 0.15) is 0 Å². The van der Waals surface area contributed by atoms with Gasteiger partial charge < -0.3 is 10.2 Å². The highest BCUT2D eigenvalue weighted by Crippen LogP contribution is 2.06. The molecule has 1 saturated heterocycles. The molecule has 1 atom stereocenters. The van der Waals surface area contributed by atoms with Crippen LogP contribution in [-0.2, 0) is 0 Å². The smallest absolute Gasteiger partial charge is 0.0189 e. The lowest BCUT2D eigenvalue weighted by Gasteiger charge is -2.37. The monoisotopic (exact) mass is 227 g/mol. The molecule has 3 heteroatoms. The molecule has 1 fully saturated rings. The van der Waals surface area contributed by atoms with Crippen molar-refractivity contribution in [1.29, 1.82) is 0 Å². The number of nitrogens with one attached hydrogen (secondary N) is 1. The Morgan fingerprint density at radius 1 is 1.00 bits per heavy atom. The Bertz CT molecular complexity index is 170. The van der Waals surface area contributed by atoms with E-state index >= 15 is 0 Å². The van der Waals surface area contributed by atoms with Gasteiger partial charge in [-0.15, -0.1) is 0 Å². The molecular formula is C13H29N3. The van der Waals surface area contributed by atoms with E-state index in [2.05, 4.69) is 42.9 Å². The van der Waals surface area contributed by atoms with Gasteiger partial charge in [0.25, 0.3) is 0 Å². The summed E-state index contributed by atoms with van der Waals surface area (Å²) in [7, 11) is 2.07. The van der Waals surface area contributed by atoms with Crippen LogP contribution in [0.25, 0.3) is 0 Å². The average Bonchev–Trinajstić information content (AvgIpc) is 2.27. The Hall–Kier alpha value is -0.120. The standard InChI is InChI=1S/C13H29N3/c1-5-13(14-4)11-16-8-6-15(7-9-16)10-12(2)3/h12-14H,5-11H2,1-4H3. The normalized spacial score (nSPS) is 21.6. The van der Waals surface area contributed by atoms with Gasteiger partial charge in [-0.25, -0.2) is 0 Å². The summed E-state index contributed by atoms with van der Waals surface area (Å²) in [6.07, 6.45) is 1.22. The van der Waals surface area contributed by atoms with Crippen LogP contribution in [0.15, 0.2) is 0 Å². The molecule has 0 saturated carbocycles. The van der Waals surface area contributed by atoms with Gasteiger partial charge in [-0.05, 0) is 19.4 Å². The van der Waals surface area contributed by atoms with E-state index in [1.165, 1.54) is 45.7 Å². The second-order valence-corrected chi connectivity index (χ2v) is 5.39. The van der Waals surface area contributed by atoms with E-state index in [0.717, 1.165) is 5.92 Å². The van der Waals surface area contributed by atoms with E-state index in [9.17, 15) is 0 Å². The highest BCUT2D eigenvalue weighted by molar-refractivity contribution is 4.76. The molecule has 96 valence electrons. The first-order valence-electron chi connectivity index (χ1n) is 6.77. The van der Waals surface area contributed by atoms with E-state index in [-0.39, 0.29) is 0 Å². The van der Waals surface area contributed by atoms with Crippen LogP contribution in [-0.4, -0.2) is 62.2 Å². The molecule has 1 rings (SSSR count). The van der Waals surface area contributed by atoms with Gasteiger partial charge in [0.05, 0.1) is 0 Å². The maximum absolute atomic E-state index is 3.39. The van der Waals surface area contributed by atoms with Crippen LogP contribution < -0.4 is 5.32 Å². The van der Waals surface area contributed by atoms with Crippen molar-refractivity contribution in [3.8, 4) is 0 Å². The van der Waals surface area contributed by atoms with Crippen LogP contribution >= 0.6 is 0 Å². The molecule has 1 unspecified atom stereocenters. The Labute approximate surface area is 101 Å². The molecule has 1 heterocycles. The number of nitrogens with zero attached hydrogens (tertiary/aromatic N) is 2. The molecule has 0 aromatic heterocycles. The third-order valence-corrected chi connectivity index (χ3v) is 3.47. The lowest BCUT2D eigenvalue weighted by Crippen LogP contribution is -2.50. The van der Waals surface area contributed by atoms with Crippen LogP contribution in [0.5, 0.6) is 0 Å². The minimum atomic E-state index is 0.664. The van der Waals surface area contributed by atoms with E-state index in [4.69, 9.17) is 0 Å². The first kappa shape index (κ1) is 13.9. The van der Waals surface area contributed by atoms with Crippen molar-refractivity contribution < 1.29 is 0 Å². The molecule has 0 aliphatic carbocycles. The van der Waals surface area contributed by atoms with Crippen LogP contribution in [0.2, 0.25) is 0 Å². The summed E-state index contributed by atoms with van der Waals surface area (Å²) in [6, 6.07) is 0.664. The predicted molar refractivity (Wildman–Crippen MR) is 70.9 cm³/mol. The van der Waals surface area contributed by atoms with E-state index in [1.54, 1.807) is 0 Å². The lowest BCUT2D eigenvalue weighted by atomic mass is 10.1. The molecule has 1 N–H and O–H groups in total. The largest absolute Gasteiger partial charge is 0.316 e. The number of likely N-dealkylation sites (N-methyl/N-ethyl adjacent to an activating group) is 1. The zero-order valence-corrected chi connectivity index (χ0v) is 11.5. The zero-order valence-electron chi connectivity index (χ0n) is 11.5. The highest BCUT2D eigenvalue weighted by Gasteiger charge is 2.18. The summed E-state index contributed by atoms with van der Waals surface area (Å²) in [6.45, 7) is 14.3. The molecule has 0 aromatic rings. The molecule has 1 aliphatic heterocycles. The highest BCUT2D eigenvalue weighted by atomic mass is 15.3. The fourth-order valence-electron chi connectivity index (χ4n) is 2.41. The van der Waals surface area contributed by atoms with Crippen molar-refractivity contribution in [1.82, 2.24) is 15.1 Å². The third-order valence-electron chi connectivity index (χ3n) is 3.47. The van der Waals surface area contributed by atoms with Gasteiger partial charge >= 0.3 is 0 Å². The van der Waals surface area contributed by atoms with Gasteiger partial charge in [0, 0.05) is 45.3 Å². The molecule has 0 bridgehead atoms. The fourth-order valence-corrected chi connectivity index (χ4v) is 2.41. The van der Waals surface area contributed by atoms with Crippen LogP contribution in [0.4, 0.5) is 0 Å². The van der Waals surface area contributed by atoms with Crippen molar-refractivity contribution in [3.63, 3.8) is 0 Å². The summed E-state index contributed by atoms with van der Waals surface area (Å²) in [5.41, 5.74) is 0. The van der Waals surface area contributed by atoms with Crippen molar-refractivity contribution in [3.05, 3.63) is 0 Å². The quantitative estimate of drug-likeness (QED) is 0.737.